The molecule has 0 amide bonds. The molecule has 0 radical (unpaired) electrons. The summed E-state index contributed by atoms with van der Waals surface area (Å²) in [5.74, 6) is 1.05. The summed E-state index contributed by atoms with van der Waals surface area (Å²) in [6, 6.07) is 2.67. The van der Waals surface area contributed by atoms with Crippen molar-refractivity contribution in [2.75, 3.05) is 17.3 Å². The molecule has 100 valence electrons. The molecular weight excluding hydrogens is 265 g/mol. The van der Waals surface area contributed by atoms with Crippen molar-refractivity contribution < 1.29 is 13.2 Å². The van der Waals surface area contributed by atoms with Gasteiger partial charge < -0.3 is 4.90 Å². The van der Waals surface area contributed by atoms with Crippen molar-refractivity contribution in [3.05, 3.63) is 23.9 Å². The van der Waals surface area contributed by atoms with Crippen LogP contribution in [0.1, 0.15) is 24.8 Å². The molecule has 2 heterocycles. The molecular formula is C12H14ClF3N2. The third-order valence-electron chi connectivity index (χ3n) is 3.17. The van der Waals surface area contributed by atoms with Crippen LogP contribution in [0, 0.1) is 0 Å². The minimum Gasteiger partial charge on any atom is -0.352 e. The average molecular weight is 279 g/mol. The van der Waals surface area contributed by atoms with Crippen LogP contribution in [0.4, 0.5) is 19.0 Å². The third kappa shape index (κ3) is 2.88. The maximum absolute atomic E-state index is 12.4. The molecule has 18 heavy (non-hydrogen) atoms. The van der Waals surface area contributed by atoms with E-state index in [1.54, 1.807) is 0 Å². The highest BCUT2D eigenvalue weighted by Crippen LogP contribution is 2.30. The van der Waals surface area contributed by atoms with Crippen LogP contribution in [-0.2, 0) is 6.18 Å². The maximum Gasteiger partial charge on any atom is 0.417 e. The zero-order chi connectivity index (χ0) is 13.2. The number of hydrogen-bond acceptors (Lipinski definition) is 2. The summed E-state index contributed by atoms with van der Waals surface area (Å²) in [6.07, 6.45) is -0.356. The molecule has 1 aliphatic rings. The van der Waals surface area contributed by atoms with E-state index in [2.05, 4.69) is 4.98 Å². The molecule has 0 N–H and O–H groups in total. The van der Waals surface area contributed by atoms with Crippen LogP contribution in [0.2, 0.25) is 0 Å². The van der Waals surface area contributed by atoms with Gasteiger partial charge in [-0.25, -0.2) is 4.98 Å². The van der Waals surface area contributed by atoms with E-state index in [1.807, 2.05) is 4.90 Å². The molecule has 1 aliphatic heterocycles. The molecule has 0 bridgehead atoms. The van der Waals surface area contributed by atoms with E-state index >= 15 is 0 Å². The predicted molar refractivity (Wildman–Crippen MR) is 64.9 cm³/mol. The Balaban J connectivity index is 2.18. The fourth-order valence-electron chi connectivity index (χ4n) is 2.19. The molecule has 1 aromatic rings. The van der Waals surface area contributed by atoms with Crippen LogP contribution in [0.3, 0.4) is 0 Å². The molecule has 1 aromatic heterocycles. The number of halogens is 4. The second kappa shape index (κ2) is 5.34. The van der Waals surface area contributed by atoms with E-state index in [9.17, 15) is 13.2 Å². The Morgan fingerprint density at radius 1 is 1.33 bits per heavy atom. The summed E-state index contributed by atoms with van der Waals surface area (Å²) in [7, 11) is 0. The Morgan fingerprint density at radius 2 is 2.11 bits per heavy atom. The largest absolute Gasteiger partial charge is 0.417 e. The zero-order valence-electron chi connectivity index (χ0n) is 9.75. The number of alkyl halides is 4. The first-order valence-electron chi connectivity index (χ1n) is 5.88. The van der Waals surface area contributed by atoms with Gasteiger partial charge in [-0.15, -0.1) is 11.6 Å². The second-order valence-electron chi connectivity index (χ2n) is 4.40. The first-order chi connectivity index (χ1) is 8.52. The van der Waals surface area contributed by atoms with Crippen molar-refractivity contribution >= 4 is 17.4 Å². The Morgan fingerprint density at radius 3 is 2.67 bits per heavy atom. The van der Waals surface area contributed by atoms with Gasteiger partial charge in [0.25, 0.3) is 0 Å². The highest BCUT2D eigenvalue weighted by atomic mass is 35.5. The van der Waals surface area contributed by atoms with E-state index < -0.39 is 11.7 Å². The van der Waals surface area contributed by atoms with Gasteiger partial charge in [-0.05, 0) is 31.4 Å². The van der Waals surface area contributed by atoms with Gasteiger partial charge in [-0.3, -0.25) is 0 Å². The molecule has 0 aliphatic carbocycles. The predicted octanol–water partition coefficient (Wildman–Crippen LogP) is 3.70. The number of piperidine rings is 1. The minimum atomic E-state index is -4.33. The van der Waals surface area contributed by atoms with E-state index in [0.717, 1.165) is 38.1 Å². The molecule has 2 rings (SSSR count). The van der Waals surface area contributed by atoms with Gasteiger partial charge in [0.1, 0.15) is 5.82 Å². The summed E-state index contributed by atoms with van der Waals surface area (Å²) >= 11 is 5.88. The van der Waals surface area contributed by atoms with Gasteiger partial charge in [-0.1, -0.05) is 0 Å². The van der Waals surface area contributed by atoms with E-state index in [0.29, 0.717) is 11.7 Å². The first kappa shape index (κ1) is 13.5. The summed E-state index contributed by atoms with van der Waals surface area (Å²) in [4.78, 5) is 5.91. The van der Waals surface area contributed by atoms with Crippen LogP contribution in [0.15, 0.2) is 18.3 Å². The topological polar surface area (TPSA) is 16.1 Å². The van der Waals surface area contributed by atoms with Crippen molar-refractivity contribution in [3.63, 3.8) is 0 Å². The average Bonchev–Trinajstić information content (AvgIpc) is 2.38. The standard InChI is InChI=1S/C12H14ClF3N2/c13-7-10-3-1-2-6-18(10)11-5-4-9(8-17-11)12(14,15)16/h4-5,8,10H,1-3,6-7H2. The quantitative estimate of drug-likeness (QED) is 0.767. The van der Waals surface area contributed by atoms with Gasteiger partial charge in [0, 0.05) is 24.7 Å². The molecule has 0 spiro atoms. The molecule has 1 saturated heterocycles. The molecule has 1 atom stereocenters. The Labute approximate surface area is 109 Å². The number of pyridine rings is 1. The van der Waals surface area contributed by atoms with E-state index in [1.165, 1.54) is 6.07 Å². The van der Waals surface area contributed by atoms with Crippen LogP contribution in [-0.4, -0.2) is 23.5 Å². The van der Waals surface area contributed by atoms with E-state index in [4.69, 9.17) is 11.6 Å². The minimum absolute atomic E-state index is 0.171. The summed E-state index contributed by atoms with van der Waals surface area (Å²) in [5, 5.41) is 0. The lowest BCUT2D eigenvalue weighted by Crippen LogP contribution is -2.41. The lowest BCUT2D eigenvalue weighted by atomic mass is 10.0. The molecule has 0 saturated carbocycles. The van der Waals surface area contributed by atoms with Gasteiger partial charge in [0.05, 0.1) is 5.56 Å². The monoisotopic (exact) mass is 278 g/mol. The fraction of sp³-hybridized carbons (Fsp3) is 0.583. The number of anilines is 1. The van der Waals surface area contributed by atoms with Crippen LogP contribution < -0.4 is 4.90 Å². The Kier molecular flexibility index (Phi) is 4.00. The van der Waals surface area contributed by atoms with Gasteiger partial charge >= 0.3 is 6.18 Å². The van der Waals surface area contributed by atoms with Gasteiger partial charge in [0.2, 0.25) is 0 Å². The normalized spacial score (nSPS) is 21.1. The van der Waals surface area contributed by atoms with Gasteiger partial charge in [-0.2, -0.15) is 13.2 Å². The number of hydrogen-bond donors (Lipinski definition) is 0. The third-order valence-corrected chi connectivity index (χ3v) is 3.53. The van der Waals surface area contributed by atoms with Crippen LogP contribution >= 0.6 is 11.6 Å². The number of aromatic nitrogens is 1. The fourth-order valence-corrected chi connectivity index (χ4v) is 2.51. The highest BCUT2D eigenvalue weighted by Gasteiger charge is 2.31. The van der Waals surface area contributed by atoms with Crippen LogP contribution in [0.5, 0.6) is 0 Å². The maximum atomic E-state index is 12.4. The summed E-state index contributed by atoms with van der Waals surface area (Å²) < 4.78 is 37.3. The van der Waals surface area contributed by atoms with Gasteiger partial charge in [0.15, 0.2) is 0 Å². The van der Waals surface area contributed by atoms with Crippen molar-refractivity contribution in [1.82, 2.24) is 4.98 Å². The van der Waals surface area contributed by atoms with Crippen molar-refractivity contribution in [3.8, 4) is 0 Å². The smallest absolute Gasteiger partial charge is 0.352 e. The SMILES string of the molecule is FC(F)(F)c1ccc(N2CCCCC2CCl)nc1. The zero-order valence-corrected chi connectivity index (χ0v) is 10.5. The molecule has 1 fully saturated rings. The van der Waals surface area contributed by atoms with E-state index in [-0.39, 0.29) is 6.04 Å². The molecule has 6 heteroatoms. The van der Waals surface area contributed by atoms with Crippen molar-refractivity contribution in [2.45, 2.75) is 31.5 Å². The molecule has 0 aromatic carbocycles. The second-order valence-corrected chi connectivity index (χ2v) is 4.71. The Hall–Kier alpha value is -0.970. The lowest BCUT2D eigenvalue weighted by molar-refractivity contribution is -0.137. The number of rotatable bonds is 2. The Bertz CT molecular complexity index is 391. The highest BCUT2D eigenvalue weighted by molar-refractivity contribution is 6.18. The number of nitrogens with zero attached hydrogens (tertiary/aromatic N) is 2. The van der Waals surface area contributed by atoms with Crippen LogP contribution in [0.25, 0.3) is 0 Å². The first-order valence-corrected chi connectivity index (χ1v) is 6.41. The molecule has 1 unspecified atom stereocenters. The van der Waals surface area contributed by atoms with Crippen molar-refractivity contribution in [2.24, 2.45) is 0 Å². The summed E-state index contributed by atoms with van der Waals surface area (Å²) in [5.41, 5.74) is -0.717. The summed E-state index contributed by atoms with van der Waals surface area (Å²) in [6.45, 7) is 0.801. The molecule has 2 nitrogen and oxygen atoms in total. The van der Waals surface area contributed by atoms with Crippen molar-refractivity contribution in [1.29, 1.82) is 0 Å². The lowest BCUT2D eigenvalue weighted by Gasteiger charge is -2.35.